The zero-order valence-corrected chi connectivity index (χ0v) is 21.4. The van der Waals surface area contributed by atoms with Crippen LogP contribution in [0.2, 0.25) is 0 Å². The van der Waals surface area contributed by atoms with E-state index in [1.807, 2.05) is 0 Å². The first-order valence-corrected chi connectivity index (χ1v) is 12.4. The van der Waals surface area contributed by atoms with E-state index in [-0.39, 0.29) is 12.0 Å². The van der Waals surface area contributed by atoms with Crippen LogP contribution in [0.4, 0.5) is 0 Å². The smallest absolute Gasteiger partial charge is 0.306 e. The van der Waals surface area contributed by atoms with Gasteiger partial charge in [0.15, 0.2) is 0 Å². The number of rotatable bonds is 17. The Balaban J connectivity index is 3.95. The van der Waals surface area contributed by atoms with Crippen LogP contribution in [0.3, 0.4) is 0 Å². The van der Waals surface area contributed by atoms with Gasteiger partial charge in [-0.1, -0.05) is 75.5 Å². The molecule has 0 rings (SSSR count). The number of aliphatic hydroxyl groups excluding tert-OH is 1. The van der Waals surface area contributed by atoms with E-state index in [9.17, 15) is 9.90 Å². The number of carboxylic acid groups (broad SMARTS) is 1. The molecule has 0 aliphatic carbocycles. The van der Waals surface area contributed by atoms with Gasteiger partial charge in [-0.25, -0.2) is 0 Å². The summed E-state index contributed by atoms with van der Waals surface area (Å²) in [5.74, 6) is 0.327. The highest BCUT2D eigenvalue weighted by Gasteiger charge is 2.10. The Labute approximate surface area is 192 Å². The SMILES string of the molecule is C/C(=C/C=C(\C)CCC(O)CCCC(C)CC/C=C(\C)CCCC(C)C(=O)O)C(C)C. The van der Waals surface area contributed by atoms with E-state index in [4.69, 9.17) is 5.11 Å². The Morgan fingerprint density at radius 3 is 2.10 bits per heavy atom. The number of carboxylic acids is 1. The average molecular weight is 435 g/mol. The maximum Gasteiger partial charge on any atom is 0.306 e. The molecule has 180 valence electrons. The summed E-state index contributed by atoms with van der Waals surface area (Å²) in [7, 11) is 0. The molecule has 0 radical (unpaired) electrons. The van der Waals surface area contributed by atoms with Crippen molar-refractivity contribution in [3.05, 3.63) is 34.9 Å². The van der Waals surface area contributed by atoms with Crippen molar-refractivity contribution < 1.29 is 15.0 Å². The van der Waals surface area contributed by atoms with Crippen LogP contribution in [-0.2, 0) is 4.79 Å². The van der Waals surface area contributed by atoms with Gasteiger partial charge >= 0.3 is 5.97 Å². The molecule has 0 saturated heterocycles. The first-order chi connectivity index (χ1) is 14.5. The van der Waals surface area contributed by atoms with Gasteiger partial charge in [0.1, 0.15) is 0 Å². The van der Waals surface area contributed by atoms with Crippen molar-refractivity contribution >= 4 is 5.97 Å². The minimum atomic E-state index is -0.693. The summed E-state index contributed by atoms with van der Waals surface area (Å²) >= 11 is 0. The Morgan fingerprint density at radius 2 is 1.48 bits per heavy atom. The lowest BCUT2D eigenvalue weighted by Crippen LogP contribution is -2.08. The third-order valence-corrected chi connectivity index (χ3v) is 6.43. The van der Waals surface area contributed by atoms with Crippen molar-refractivity contribution in [1.82, 2.24) is 0 Å². The van der Waals surface area contributed by atoms with E-state index in [1.54, 1.807) is 6.92 Å². The number of hydrogen-bond acceptors (Lipinski definition) is 2. The van der Waals surface area contributed by atoms with E-state index >= 15 is 0 Å². The third kappa shape index (κ3) is 16.9. The predicted octanol–water partition coefficient (Wildman–Crippen LogP) is 8.10. The summed E-state index contributed by atoms with van der Waals surface area (Å²) in [6.45, 7) is 15.0. The zero-order valence-electron chi connectivity index (χ0n) is 21.4. The molecule has 0 bridgehead atoms. The molecule has 2 N–H and O–H groups in total. The average Bonchev–Trinajstić information content (AvgIpc) is 2.70. The van der Waals surface area contributed by atoms with Gasteiger partial charge in [0.25, 0.3) is 0 Å². The Kier molecular flexibility index (Phi) is 16.5. The summed E-state index contributed by atoms with van der Waals surface area (Å²) in [5, 5.41) is 19.2. The van der Waals surface area contributed by atoms with Crippen molar-refractivity contribution in [1.29, 1.82) is 0 Å². The monoisotopic (exact) mass is 434 g/mol. The normalized spacial score (nSPS) is 16.5. The zero-order chi connectivity index (χ0) is 23.8. The van der Waals surface area contributed by atoms with Crippen LogP contribution in [-0.4, -0.2) is 22.3 Å². The van der Waals surface area contributed by atoms with Crippen LogP contribution in [0, 0.1) is 17.8 Å². The van der Waals surface area contributed by atoms with E-state index < -0.39 is 5.97 Å². The fourth-order valence-corrected chi connectivity index (χ4v) is 3.46. The molecule has 0 aromatic heterocycles. The first kappa shape index (κ1) is 29.7. The first-order valence-electron chi connectivity index (χ1n) is 12.4. The van der Waals surface area contributed by atoms with Gasteiger partial charge in [-0.05, 0) is 84.0 Å². The second-order valence-electron chi connectivity index (χ2n) is 10.1. The Hall–Kier alpha value is -1.35. The molecule has 0 fully saturated rings. The van der Waals surface area contributed by atoms with Gasteiger partial charge in [-0.2, -0.15) is 0 Å². The quantitative estimate of drug-likeness (QED) is 0.179. The number of hydrogen-bond donors (Lipinski definition) is 2. The standard InChI is InChI=1S/C28H50O3/c1-21(2)25(6)19-17-24(5)18-20-27(29)16-10-14-23(4)12-8-11-22(3)13-9-15-26(7)28(30)31/h11,17,19,21,23,26-27,29H,8-10,12-16,18,20H2,1-7H3,(H,30,31)/b22-11+,24-17+,25-19-. The lowest BCUT2D eigenvalue weighted by Gasteiger charge is -2.14. The molecule has 31 heavy (non-hydrogen) atoms. The third-order valence-electron chi connectivity index (χ3n) is 6.43. The molecule has 0 spiro atoms. The molecular formula is C28H50O3. The largest absolute Gasteiger partial charge is 0.481 e. The summed E-state index contributed by atoms with van der Waals surface area (Å²) in [5.41, 5.74) is 4.11. The lowest BCUT2D eigenvalue weighted by atomic mass is 9.95. The van der Waals surface area contributed by atoms with Crippen LogP contribution in [0.5, 0.6) is 0 Å². The van der Waals surface area contributed by atoms with Crippen LogP contribution in [0.25, 0.3) is 0 Å². The predicted molar refractivity (Wildman–Crippen MR) is 134 cm³/mol. The Morgan fingerprint density at radius 1 is 0.806 bits per heavy atom. The molecule has 3 atom stereocenters. The molecule has 0 aliphatic rings. The summed E-state index contributed by atoms with van der Waals surface area (Å²) in [6, 6.07) is 0. The van der Waals surface area contributed by atoms with E-state index in [0.717, 1.165) is 51.4 Å². The summed E-state index contributed by atoms with van der Waals surface area (Å²) in [4.78, 5) is 10.9. The number of aliphatic hydroxyl groups is 1. The fraction of sp³-hybridized carbons (Fsp3) is 0.750. The number of carbonyl (C=O) groups is 1. The molecule has 0 aliphatic heterocycles. The molecule has 0 aromatic rings. The minimum Gasteiger partial charge on any atom is -0.481 e. The fourth-order valence-electron chi connectivity index (χ4n) is 3.46. The minimum absolute atomic E-state index is 0.193. The molecule has 0 amide bonds. The van der Waals surface area contributed by atoms with Gasteiger partial charge in [0.05, 0.1) is 12.0 Å². The van der Waals surface area contributed by atoms with Gasteiger partial charge in [0.2, 0.25) is 0 Å². The second kappa shape index (κ2) is 17.2. The Bertz CT molecular complexity index is 583. The lowest BCUT2D eigenvalue weighted by molar-refractivity contribution is -0.141. The molecule has 0 aromatic carbocycles. The van der Waals surface area contributed by atoms with Gasteiger partial charge in [-0.3, -0.25) is 4.79 Å². The van der Waals surface area contributed by atoms with Gasteiger partial charge in [0, 0.05) is 0 Å². The molecule has 3 nitrogen and oxygen atoms in total. The van der Waals surface area contributed by atoms with Gasteiger partial charge < -0.3 is 10.2 Å². The van der Waals surface area contributed by atoms with Crippen molar-refractivity contribution in [3.8, 4) is 0 Å². The highest BCUT2D eigenvalue weighted by Crippen LogP contribution is 2.19. The van der Waals surface area contributed by atoms with Crippen LogP contribution in [0.1, 0.15) is 113 Å². The molecule has 0 saturated carbocycles. The number of aliphatic carboxylic acids is 1. The topological polar surface area (TPSA) is 57.5 Å². The van der Waals surface area contributed by atoms with Crippen LogP contribution in [0.15, 0.2) is 34.9 Å². The summed E-state index contributed by atoms with van der Waals surface area (Å²) < 4.78 is 0. The summed E-state index contributed by atoms with van der Waals surface area (Å²) in [6.07, 6.45) is 16.5. The number of allylic oxidation sites excluding steroid dienone is 6. The van der Waals surface area contributed by atoms with Crippen LogP contribution >= 0.6 is 0 Å². The van der Waals surface area contributed by atoms with Crippen molar-refractivity contribution in [2.45, 2.75) is 119 Å². The highest BCUT2D eigenvalue weighted by atomic mass is 16.4. The second-order valence-corrected chi connectivity index (χ2v) is 10.1. The van der Waals surface area contributed by atoms with E-state index in [0.29, 0.717) is 11.8 Å². The maximum atomic E-state index is 10.9. The van der Waals surface area contributed by atoms with Crippen molar-refractivity contribution in [3.63, 3.8) is 0 Å². The van der Waals surface area contributed by atoms with Crippen molar-refractivity contribution in [2.24, 2.45) is 17.8 Å². The van der Waals surface area contributed by atoms with Crippen molar-refractivity contribution in [2.75, 3.05) is 0 Å². The van der Waals surface area contributed by atoms with Crippen LogP contribution < -0.4 is 0 Å². The molecule has 3 heteroatoms. The highest BCUT2D eigenvalue weighted by molar-refractivity contribution is 5.69. The maximum absolute atomic E-state index is 10.9. The van der Waals surface area contributed by atoms with E-state index in [1.165, 1.54) is 29.6 Å². The van der Waals surface area contributed by atoms with Gasteiger partial charge in [-0.15, -0.1) is 0 Å². The molecule has 0 heterocycles. The molecular weight excluding hydrogens is 384 g/mol. The molecule has 3 unspecified atom stereocenters. The van der Waals surface area contributed by atoms with E-state index in [2.05, 4.69) is 59.8 Å².